The van der Waals surface area contributed by atoms with E-state index in [-0.39, 0.29) is 11.8 Å². The molecule has 0 aromatic carbocycles. The molecule has 4 N–H and O–H groups in total. The summed E-state index contributed by atoms with van der Waals surface area (Å²) in [6.07, 6.45) is 5.43. The second kappa shape index (κ2) is 14.3. The molecule has 2 saturated carbocycles. The first-order valence-corrected chi connectivity index (χ1v) is 12.9. The first-order chi connectivity index (χ1) is 16.6. The van der Waals surface area contributed by atoms with Crippen LogP contribution in [0.15, 0.2) is 0 Å². The lowest BCUT2D eigenvalue weighted by molar-refractivity contribution is -0.144. The van der Waals surface area contributed by atoms with Gasteiger partial charge in [-0.2, -0.15) is 0 Å². The fourth-order valence-electron chi connectivity index (χ4n) is 4.31. The SMILES string of the molecule is CC(C)(C)OC(=O)NCC1CCC(C(=O)O)CC1.CC(C)(C)OC(=O)NCC1CCC(C(=O)O)CC1. The van der Waals surface area contributed by atoms with Gasteiger partial charge in [-0.05, 0) is 105 Å². The van der Waals surface area contributed by atoms with Crippen LogP contribution in [-0.4, -0.2) is 58.6 Å². The summed E-state index contributed by atoms with van der Waals surface area (Å²) in [6, 6.07) is 0. The third kappa shape index (κ3) is 14.1. The first kappa shape index (κ1) is 31.5. The van der Waals surface area contributed by atoms with E-state index in [1.54, 1.807) is 0 Å². The monoisotopic (exact) mass is 514 g/mol. The summed E-state index contributed by atoms with van der Waals surface area (Å²) in [5.41, 5.74) is -0.962. The zero-order valence-corrected chi connectivity index (χ0v) is 22.7. The number of carboxylic acid groups (broad SMARTS) is 2. The number of nitrogens with one attached hydrogen (secondary N) is 2. The molecule has 0 atom stereocenters. The topological polar surface area (TPSA) is 151 Å². The molecule has 0 aromatic heterocycles. The van der Waals surface area contributed by atoms with Crippen LogP contribution in [0.25, 0.3) is 0 Å². The van der Waals surface area contributed by atoms with Crippen molar-refractivity contribution in [3.8, 4) is 0 Å². The molecule has 10 heteroatoms. The molecule has 0 saturated heterocycles. The predicted octanol–water partition coefficient (Wildman–Crippen LogP) is 4.80. The normalized spacial score (nSPS) is 24.4. The van der Waals surface area contributed by atoms with Crippen molar-refractivity contribution in [2.24, 2.45) is 23.7 Å². The Morgan fingerprint density at radius 2 is 0.889 bits per heavy atom. The summed E-state index contributed by atoms with van der Waals surface area (Å²) in [7, 11) is 0. The number of amides is 2. The summed E-state index contributed by atoms with van der Waals surface area (Å²) in [5.74, 6) is -1.08. The van der Waals surface area contributed by atoms with Crippen LogP contribution in [0.3, 0.4) is 0 Å². The lowest BCUT2D eigenvalue weighted by atomic mass is 9.82. The van der Waals surface area contributed by atoms with Gasteiger partial charge in [0.25, 0.3) is 0 Å². The second-order valence-corrected chi connectivity index (χ2v) is 11.9. The van der Waals surface area contributed by atoms with Crippen LogP contribution in [0.5, 0.6) is 0 Å². The van der Waals surface area contributed by atoms with Gasteiger partial charge in [-0.15, -0.1) is 0 Å². The minimum atomic E-state index is -0.700. The molecule has 0 unspecified atom stereocenters. The lowest BCUT2D eigenvalue weighted by Crippen LogP contribution is -2.36. The average Bonchev–Trinajstić information content (AvgIpc) is 2.75. The first-order valence-electron chi connectivity index (χ1n) is 12.9. The Balaban J connectivity index is 0.000000360. The highest BCUT2D eigenvalue weighted by Crippen LogP contribution is 2.29. The minimum Gasteiger partial charge on any atom is -0.481 e. The van der Waals surface area contributed by atoms with Crippen LogP contribution in [0, 0.1) is 23.7 Å². The Morgan fingerprint density at radius 1 is 0.611 bits per heavy atom. The number of carbonyl (C=O) groups excluding carboxylic acids is 2. The van der Waals surface area contributed by atoms with E-state index in [2.05, 4.69) is 10.6 Å². The van der Waals surface area contributed by atoms with Gasteiger partial charge in [0.2, 0.25) is 0 Å². The van der Waals surface area contributed by atoms with Gasteiger partial charge < -0.3 is 30.3 Å². The third-order valence-electron chi connectivity index (χ3n) is 6.26. The highest BCUT2D eigenvalue weighted by atomic mass is 16.6. The van der Waals surface area contributed by atoms with Crippen LogP contribution < -0.4 is 10.6 Å². The number of aliphatic carboxylic acids is 2. The zero-order valence-electron chi connectivity index (χ0n) is 22.7. The van der Waals surface area contributed by atoms with Crippen LogP contribution in [0.2, 0.25) is 0 Å². The molecule has 2 rings (SSSR count). The molecule has 10 nitrogen and oxygen atoms in total. The van der Waals surface area contributed by atoms with E-state index >= 15 is 0 Å². The molecule has 36 heavy (non-hydrogen) atoms. The van der Waals surface area contributed by atoms with E-state index in [0.29, 0.717) is 50.6 Å². The Hall–Kier alpha value is -2.52. The molecule has 0 radical (unpaired) electrons. The molecular formula is C26H46N2O8. The number of carboxylic acids is 2. The highest BCUT2D eigenvalue weighted by Gasteiger charge is 2.27. The van der Waals surface area contributed by atoms with Gasteiger partial charge in [-0.25, -0.2) is 9.59 Å². The summed E-state index contributed by atoms with van der Waals surface area (Å²) in [5, 5.41) is 23.2. The molecule has 2 fully saturated rings. The standard InChI is InChI=1S/2C13H23NO4/c2*1-13(2,3)18-12(17)14-8-9-4-6-10(7-5-9)11(15)16/h2*9-10H,4-8H2,1-3H3,(H,14,17)(H,15,16). The Kier molecular flexibility index (Phi) is 12.5. The number of hydrogen-bond donors (Lipinski definition) is 4. The van der Waals surface area contributed by atoms with Gasteiger partial charge in [0, 0.05) is 13.1 Å². The average molecular weight is 515 g/mol. The molecule has 2 aliphatic rings. The lowest BCUT2D eigenvalue weighted by Gasteiger charge is -2.27. The number of carbonyl (C=O) groups is 4. The van der Waals surface area contributed by atoms with Crippen molar-refractivity contribution in [1.29, 1.82) is 0 Å². The van der Waals surface area contributed by atoms with E-state index in [1.807, 2.05) is 41.5 Å². The van der Waals surface area contributed by atoms with Crippen molar-refractivity contribution in [2.45, 2.75) is 104 Å². The zero-order chi connectivity index (χ0) is 27.5. The summed E-state index contributed by atoms with van der Waals surface area (Å²) in [6.45, 7) is 12.1. The van der Waals surface area contributed by atoms with Gasteiger partial charge in [-0.1, -0.05) is 0 Å². The molecular weight excluding hydrogens is 468 g/mol. The second-order valence-electron chi connectivity index (χ2n) is 11.9. The van der Waals surface area contributed by atoms with Crippen molar-refractivity contribution in [3.63, 3.8) is 0 Å². The smallest absolute Gasteiger partial charge is 0.407 e. The molecule has 2 aliphatic carbocycles. The van der Waals surface area contributed by atoms with Crippen LogP contribution in [0.4, 0.5) is 9.59 Å². The molecule has 0 bridgehead atoms. The number of ether oxygens (including phenoxy) is 2. The van der Waals surface area contributed by atoms with Crippen LogP contribution in [0.1, 0.15) is 92.9 Å². The Bertz CT molecular complexity index is 663. The van der Waals surface area contributed by atoms with Gasteiger partial charge in [-0.3, -0.25) is 9.59 Å². The molecule has 208 valence electrons. The van der Waals surface area contributed by atoms with Gasteiger partial charge in [0.05, 0.1) is 11.8 Å². The van der Waals surface area contributed by atoms with E-state index in [0.717, 1.165) is 25.7 Å². The largest absolute Gasteiger partial charge is 0.481 e. The summed E-state index contributed by atoms with van der Waals surface area (Å²) < 4.78 is 10.3. The Labute approximate surface area is 214 Å². The van der Waals surface area contributed by atoms with E-state index in [4.69, 9.17) is 19.7 Å². The molecule has 0 aromatic rings. The van der Waals surface area contributed by atoms with Crippen molar-refractivity contribution in [1.82, 2.24) is 10.6 Å². The number of hydrogen-bond acceptors (Lipinski definition) is 6. The number of rotatable bonds is 6. The maximum atomic E-state index is 11.4. The quantitative estimate of drug-likeness (QED) is 0.394. The maximum absolute atomic E-state index is 11.4. The third-order valence-corrected chi connectivity index (χ3v) is 6.26. The maximum Gasteiger partial charge on any atom is 0.407 e. The van der Waals surface area contributed by atoms with Gasteiger partial charge >= 0.3 is 24.1 Å². The molecule has 0 aliphatic heterocycles. The van der Waals surface area contributed by atoms with Crippen molar-refractivity contribution >= 4 is 24.1 Å². The van der Waals surface area contributed by atoms with Crippen LogP contribution in [-0.2, 0) is 19.1 Å². The fourth-order valence-corrected chi connectivity index (χ4v) is 4.31. The highest BCUT2D eigenvalue weighted by molar-refractivity contribution is 5.70. The Morgan fingerprint density at radius 3 is 1.11 bits per heavy atom. The van der Waals surface area contributed by atoms with Gasteiger partial charge in [0.15, 0.2) is 0 Å². The summed E-state index contributed by atoms with van der Waals surface area (Å²) in [4.78, 5) is 44.5. The molecule has 0 spiro atoms. The van der Waals surface area contributed by atoms with E-state index in [1.165, 1.54) is 0 Å². The van der Waals surface area contributed by atoms with Crippen LogP contribution >= 0.6 is 0 Å². The molecule has 0 heterocycles. The van der Waals surface area contributed by atoms with Gasteiger partial charge in [0.1, 0.15) is 11.2 Å². The van der Waals surface area contributed by atoms with Crippen molar-refractivity contribution < 1.29 is 38.9 Å². The predicted molar refractivity (Wildman–Crippen MR) is 135 cm³/mol. The fraction of sp³-hybridized carbons (Fsp3) is 0.846. The van der Waals surface area contributed by atoms with E-state index in [9.17, 15) is 19.2 Å². The van der Waals surface area contributed by atoms with Crippen molar-refractivity contribution in [2.75, 3.05) is 13.1 Å². The molecule has 2 amide bonds. The summed E-state index contributed by atoms with van der Waals surface area (Å²) >= 11 is 0. The van der Waals surface area contributed by atoms with E-state index < -0.39 is 35.3 Å². The minimum absolute atomic E-state index is 0.206. The van der Waals surface area contributed by atoms with Crippen molar-refractivity contribution in [3.05, 3.63) is 0 Å². The number of alkyl carbamates (subject to hydrolysis) is 2.